The molecule has 104 valence electrons. The van der Waals surface area contributed by atoms with Crippen LogP contribution < -0.4 is 0 Å². The highest BCUT2D eigenvalue weighted by molar-refractivity contribution is 7.88. The van der Waals surface area contributed by atoms with Gasteiger partial charge in [-0.05, 0) is 42.4 Å². The van der Waals surface area contributed by atoms with Crippen molar-refractivity contribution in [1.82, 2.24) is 4.31 Å². The normalized spacial score (nSPS) is 27.6. The van der Waals surface area contributed by atoms with Crippen molar-refractivity contribution in [3.8, 4) is 0 Å². The Hall–Kier alpha value is -0.580. The topological polar surface area (TPSA) is 37.4 Å². The van der Waals surface area contributed by atoms with Crippen LogP contribution in [0.4, 0.5) is 0 Å². The summed E-state index contributed by atoms with van der Waals surface area (Å²) in [6.45, 7) is 1.45. The molecule has 0 bridgehead atoms. The highest BCUT2D eigenvalue weighted by Crippen LogP contribution is 2.39. The van der Waals surface area contributed by atoms with Gasteiger partial charge in [0, 0.05) is 18.1 Å². The number of sulfonamides is 1. The van der Waals surface area contributed by atoms with Crippen LogP contribution in [0.1, 0.15) is 24.8 Å². The lowest BCUT2D eigenvalue weighted by atomic mass is 10.0. The van der Waals surface area contributed by atoms with Gasteiger partial charge in [0.15, 0.2) is 0 Å². The molecular formula is C14H18ClNO2S. The lowest BCUT2D eigenvalue weighted by molar-refractivity contribution is 0.445. The minimum Gasteiger partial charge on any atom is -0.212 e. The number of rotatable bonds is 3. The fourth-order valence-corrected chi connectivity index (χ4v) is 5.06. The summed E-state index contributed by atoms with van der Waals surface area (Å²) in [4.78, 5) is 0. The van der Waals surface area contributed by atoms with Crippen LogP contribution in [-0.2, 0) is 15.8 Å². The minimum atomic E-state index is -3.18. The second kappa shape index (κ2) is 5.08. The maximum atomic E-state index is 12.4. The van der Waals surface area contributed by atoms with Crippen LogP contribution in [0.5, 0.6) is 0 Å². The Morgan fingerprint density at radius 3 is 2.26 bits per heavy atom. The smallest absolute Gasteiger partial charge is 0.212 e. The second-order valence-corrected chi connectivity index (χ2v) is 8.06. The van der Waals surface area contributed by atoms with Gasteiger partial charge < -0.3 is 0 Å². The van der Waals surface area contributed by atoms with Gasteiger partial charge in [0.25, 0.3) is 0 Å². The molecule has 1 aromatic carbocycles. The fourth-order valence-electron chi connectivity index (χ4n) is 3.30. The van der Waals surface area contributed by atoms with Crippen molar-refractivity contribution >= 4 is 21.6 Å². The van der Waals surface area contributed by atoms with Gasteiger partial charge in [-0.25, -0.2) is 12.7 Å². The summed E-state index contributed by atoms with van der Waals surface area (Å²) in [6, 6.07) is 7.06. The predicted molar refractivity (Wildman–Crippen MR) is 76.5 cm³/mol. The molecule has 3 nitrogen and oxygen atoms in total. The molecule has 2 aliphatic rings. The second-order valence-electron chi connectivity index (χ2n) is 5.65. The lowest BCUT2D eigenvalue weighted by Gasteiger charge is -2.17. The molecule has 1 aliphatic heterocycles. The molecule has 1 saturated heterocycles. The van der Waals surface area contributed by atoms with E-state index in [2.05, 4.69) is 0 Å². The van der Waals surface area contributed by atoms with Gasteiger partial charge in [0.2, 0.25) is 10.0 Å². The zero-order chi connectivity index (χ0) is 13.5. The van der Waals surface area contributed by atoms with Crippen molar-refractivity contribution in [2.75, 3.05) is 13.1 Å². The fraction of sp³-hybridized carbons (Fsp3) is 0.571. The third kappa shape index (κ3) is 2.81. The highest BCUT2D eigenvalue weighted by Gasteiger charge is 2.40. The molecule has 2 atom stereocenters. The Morgan fingerprint density at radius 1 is 1.11 bits per heavy atom. The SMILES string of the molecule is O=S(=O)(Cc1ccc(Cl)cc1)N1CC2CCCC2C1. The van der Waals surface area contributed by atoms with Crippen molar-refractivity contribution < 1.29 is 8.42 Å². The molecule has 2 fully saturated rings. The average molecular weight is 300 g/mol. The number of benzene rings is 1. The molecule has 19 heavy (non-hydrogen) atoms. The van der Waals surface area contributed by atoms with E-state index < -0.39 is 10.0 Å². The molecule has 0 radical (unpaired) electrons. The molecule has 0 aromatic heterocycles. The van der Waals surface area contributed by atoms with Gasteiger partial charge in [-0.15, -0.1) is 0 Å². The van der Waals surface area contributed by atoms with E-state index in [0.29, 0.717) is 16.9 Å². The maximum Gasteiger partial charge on any atom is 0.218 e. The Labute approximate surface area is 119 Å². The standard InChI is InChI=1S/C14H18ClNO2S/c15-14-6-4-11(5-7-14)10-19(17,18)16-8-12-2-1-3-13(12)9-16/h4-7,12-13H,1-3,8-10H2. The van der Waals surface area contributed by atoms with E-state index in [1.54, 1.807) is 28.6 Å². The van der Waals surface area contributed by atoms with Gasteiger partial charge in [-0.1, -0.05) is 30.2 Å². The lowest BCUT2D eigenvalue weighted by Crippen LogP contribution is -2.30. The first-order valence-corrected chi connectivity index (χ1v) is 8.75. The molecule has 1 aliphatic carbocycles. The van der Waals surface area contributed by atoms with Gasteiger partial charge in [-0.3, -0.25) is 0 Å². The monoisotopic (exact) mass is 299 g/mol. The molecule has 1 saturated carbocycles. The van der Waals surface area contributed by atoms with Crippen molar-refractivity contribution in [1.29, 1.82) is 0 Å². The molecule has 0 spiro atoms. The number of nitrogens with zero attached hydrogens (tertiary/aromatic N) is 1. The highest BCUT2D eigenvalue weighted by atomic mass is 35.5. The van der Waals surface area contributed by atoms with Crippen molar-refractivity contribution in [2.45, 2.75) is 25.0 Å². The molecule has 5 heteroatoms. The van der Waals surface area contributed by atoms with E-state index >= 15 is 0 Å². The van der Waals surface area contributed by atoms with Crippen molar-refractivity contribution in [2.24, 2.45) is 11.8 Å². The number of halogens is 1. The molecule has 1 heterocycles. The molecule has 3 rings (SSSR count). The zero-order valence-electron chi connectivity index (χ0n) is 10.8. The first-order valence-electron chi connectivity index (χ1n) is 6.77. The summed E-state index contributed by atoms with van der Waals surface area (Å²) in [7, 11) is -3.18. The summed E-state index contributed by atoms with van der Waals surface area (Å²) >= 11 is 5.81. The van der Waals surface area contributed by atoms with Crippen LogP contribution >= 0.6 is 11.6 Å². The van der Waals surface area contributed by atoms with Crippen LogP contribution in [0.25, 0.3) is 0 Å². The molecule has 0 N–H and O–H groups in total. The third-order valence-electron chi connectivity index (χ3n) is 4.35. The third-order valence-corrected chi connectivity index (χ3v) is 6.38. The van der Waals surface area contributed by atoms with E-state index in [-0.39, 0.29) is 5.75 Å². The Kier molecular flexibility index (Phi) is 3.58. The van der Waals surface area contributed by atoms with Crippen LogP contribution in [0, 0.1) is 11.8 Å². The van der Waals surface area contributed by atoms with Gasteiger partial charge >= 0.3 is 0 Å². The summed E-state index contributed by atoms with van der Waals surface area (Å²) in [5.41, 5.74) is 0.807. The quantitative estimate of drug-likeness (QED) is 0.860. The van der Waals surface area contributed by atoms with Gasteiger partial charge in [0.05, 0.1) is 5.75 Å². The Balaban J connectivity index is 1.71. The predicted octanol–water partition coefficient (Wildman–Crippen LogP) is 2.90. The largest absolute Gasteiger partial charge is 0.218 e. The van der Waals surface area contributed by atoms with Crippen molar-refractivity contribution in [3.63, 3.8) is 0 Å². The van der Waals surface area contributed by atoms with Crippen LogP contribution in [0.15, 0.2) is 24.3 Å². The van der Waals surface area contributed by atoms with E-state index in [0.717, 1.165) is 18.7 Å². The first kappa shape index (κ1) is 13.4. The van der Waals surface area contributed by atoms with Gasteiger partial charge in [0.1, 0.15) is 0 Å². The van der Waals surface area contributed by atoms with E-state index in [9.17, 15) is 8.42 Å². The van der Waals surface area contributed by atoms with Crippen LogP contribution in [0.3, 0.4) is 0 Å². The number of hydrogen-bond donors (Lipinski definition) is 0. The summed E-state index contributed by atoms with van der Waals surface area (Å²) in [5.74, 6) is 1.28. The Morgan fingerprint density at radius 2 is 1.68 bits per heavy atom. The summed E-state index contributed by atoms with van der Waals surface area (Å²) in [5, 5.41) is 0.636. The zero-order valence-corrected chi connectivity index (χ0v) is 12.3. The first-order chi connectivity index (χ1) is 9.04. The van der Waals surface area contributed by atoms with Gasteiger partial charge in [-0.2, -0.15) is 0 Å². The summed E-state index contributed by atoms with van der Waals surface area (Å²) < 4.78 is 26.5. The molecule has 1 aromatic rings. The van der Waals surface area contributed by atoms with E-state index in [1.165, 1.54) is 19.3 Å². The van der Waals surface area contributed by atoms with E-state index in [1.807, 2.05) is 0 Å². The minimum absolute atomic E-state index is 0.0869. The number of fused-ring (bicyclic) bond motifs is 1. The van der Waals surface area contributed by atoms with E-state index in [4.69, 9.17) is 11.6 Å². The molecule has 0 amide bonds. The summed E-state index contributed by atoms with van der Waals surface area (Å²) in [6.07, 6.45) is 3.65. The number of hydrogen-bond acceptors (Lipinski definition) is 2. The Bertz CT molecular complexity index is 543. The molecular weight excluding hydrogens is 282 g/mol. The van der Waals surface area contributed by atoms with Crippen molar-refractivity contribution in [3.05, 3.63) is 34.9 Å². The van der Waals surface area contributed by atoms with Crippen LogP contribution in [-0.4, -0.2) is 25.8 Å². The average Bonchev–Trinajstić information content (AvgIpc) is 2.92. The van der Waals surface area contributed by atoms with Crippen LogP contribution in [0.2, 0.25) is 5.02 Å². The maximum absolute atomic E-state index is 12.4. The molecule has 2 unspecified atom stereocenters.